The van der Waals surface area contributed by atoms with E-state index in [4.69, 9.17) is 4.42 Å². The van der Waals surface area contributed by atoms with Gasteiger partial charge in [0, 0.05) is 26.7 Å². The predicted molar refractivity (Wildman–Crippen MR) is 109 cm³/mol. The zero-order valence-corrected chi connectivity index (χ0v) is 17.2. The highest BCUT2D eigenvalue weighted by Crippen LogP contribution is 2.24. The first-order valence-corrected chi connectivity index (χ1v) is 9.98. The summed E-state index contributed by atoms with van der Waals surface area (Å²) in [5.41, 5.74) is -0.513. The van der Waals surface area contributed by atoms with Crippen LogP contribution in [-0.4, -0.2) is 56.5 Å². The fourth-order valence-electron chi connectivity index (χ4n) is 3.32. The quantitative estimate of drug-likeness (QED) is 0.478. The van der Waals surface area contributed by atoms with Gasteiger partial charge in [0.05, 0.1) is 17.7 Å². The van der Waals surface area contributed by atoms with E-state index in [1.807, 2.05) is 32.9 Å². The van der Waals surface area contributed by atoms with Crippen LogP contribution >= 0.6 is 0 Å². The molecule has 7 nitrogen and oxygen atoms in total. The fraction of sp³-hybridized carbons (Fsp3) is 0.700. The first-order valence-electron chi connectivity index (χ1n) is 9.98. The standard InChI is InChI=1S/C20H35N5O2/c1-5-22-18(26)20(2,3)15-24-19(21-4)23-14-16(17-10-9-13-27-17)25-11-7-6-8-12-25/h9-10,13,16H,5-8,11-12,14-15H2,1-4H3,(H,22,26)(H2,21,23,24). The minimum Gasteiger partial charge on any atom is -0.468 e. The smallest absolute Gasteiger partial charge is 0.227 e. The Kier molecular flexibility index (Phi) is 8.16. The summed E-state index contributed by atoms with van der Waals surface area (Å²) in [5, 5.41) is 9.57. The molecule has 2 rings (SSSR count). The van der Waals surface area contributed by atoms with Crippen LogP contribution in [0.15, 0.2) is 27.8 Å². The summed E-state index contributed by atoms with van der Waals surface area (Å²) in [6.45, 7) is 9.80. The molecule has 1 aliphatic heterocycles. The molecular formula is C20H35N5O2. The van der Waals surface area contributed by atoms with Gasteiger partial charge in [0.1, 0.15) is 5.76 Å². The molecule has 1 aromatic rings. The van der Waals surface area contributed by atoms with Crippen LogP contribution in [0, 0.1) is 5.41 Å². The molecule has 7 heteroatoms. The molecule has 152 valence electrons. The molecule has 1 amide bonds. The number of hydrogen-bond donors (Lipinski definition) is 3. The van der Waals surface area contributed by atoms with E-state index in [9.17, 15) is 4.79 Å². The molecule has 0 radical (unpaired) electrons. The van der Waals surface area contributed by atoms with Crippen LogP contribution in [0.2, 0.25) is 0 Å². The largest absolute Gasteiger partial charge is 0.468 e. The minimum absolute atomic E-state index is 0.0368. The summed E-state index contributed by atoms with van der Waals surface area (Å²) < 4.78 is 5.69. The minimum atomic E-state index is -0.513. The molecule has 3 N–H and O–H groups in total. The number of amides is 1. The molecule has 1 unspecified atom stereocenters. The Hall–Kier alpha value is -2.02. The van der Waals surface area contributed by atoms with Crippen molar-refractivity contribution in [3.05, 3.63) is 24.2 Å². The Morgan fingerprint density at radius 2 is 2.00 bits per heavy atom. The fourth-order valence-corrected chi connectivity index (χ4v) is 3.32. The molecular weight excluding hydrogens is 342 g/mol. The van der Waals surface area contributed by atoms with Crippen molar-refractivity contribution in [3.8, 4) is 0 Å². The molecule has 1 saturated heterocycles. The lowest BCUT2D eigenvalue weighted by Gasteiger charge is -2.34. The van der Waals surface area contributed by atoms with Gasteiger partial charge < -0.3 is 20.4 Å². The van der Waals surface area contributed by atoms with Crippen molar-refractivity contribution in [3.63, 3.8) is 0 Å². The average molecular weight is 378 g/mol. The van der Waals surface area contributed by atoms with E-state index in [0.29, 0.717) is 25.6 Å². The molecule has 1 fully saturated rings. The maximum Gasteiger partial charge on any atom is 0.227 e. The summed E-state index contributed by atoms with van der Waals surface area (Å²) >= 11 is 0. The third-order valence-electron chi connectivity index (χ3n) is 5.04. The molecule has 1 aromatic heterocycles. The molecule has 1 atom stereocenters. The summed E-state index contributed by atoms with van der Waals surface area (Å²) in [4.78, 5) is 18.9. The highest BCUT2D eigenvalue weighted by atomic mass is 16.3. The average Bonchev–Trinajstić information content (AvgIpc) is 3.20. The number of likely N-dealkylation sites (tertiary alicyclic amines) is 1. The van der Waals surface area contributed by atoms with Gasteiger partial charge in [0.25, 0.3) is 0 Å². The number of guanidine groups is 1. The van der Waals surface area contributed by atoms with E-state index >= 15 is 0 Å². The number of piperidine rings is 1. The number of hydrogen-bond acceptors (Lipinski definition) is 4. The van der Waals surface area contributed by atoms with E-state index < -0.39 is 5.41 Å². The van der Waals surface area contributed by atoms with Crippen LogP contribution in [0.25, 0.3) is 0 Å². The summed E-state index contributed by atoms with van der Waals surface area (Å²) in [6.07, 6.45) is 5.48. The molecule has 0 aliphatic carbocycles. The van der Waals surface area contributed by atoms with Crippen LogP contribution in [0.1, 0.15) is 51.8 Å². The van der Waals surface area contributed by atoms with Crippen LogP contribution in [0.4, 0.5) is 0 Å². The van der Waals surface area contributed by atoms with Crippen molar-refractivity contribution in [2.45, 2.75) is 46.1 Å². The second kappa shape index (κ2) is 10.3. The second-order valence-electron chi connectivity index (χ2n) is 7.68. The van der Waals surface area contributed by atoms with E-state index in [1.165, 1.54) is 19.3 Å². The maximum atomic E-state index is 12.2. The number of carbonyl (C=O) groups excluding carboxylic acids is 1. The van der Waals surface area contributed by atoms with Crippen molar-refractivity contribution < 1.29 is 9.21 Å². The highest BCUT2D eigenvalue weighted by molar-refractivity contribution is 5.84. The molecule has 0 saturated carbocycles. The number of carbonyl (C=O) groups is 1. The zero-order chi connectivity index (χ0) is 19.7. The van der Waals surface area contributed by atoms with Crippen LogP contribution < -0.4 is 16.0 Å². The van der Waals surface area contributed by atoms with Crippen molar-refractivity contribution in [1.82, 2.24) is 20.9 Å². The van der Waals surface area contributed by atoms with E-state index in [2.05, 4.69) is 25.8 Å². The second-order valence-corrected chi connectivity index (χ2v) is 7.68. The van der Waals surface area contributed by atoms with Crippen LogP contribution in [0.5, 0.6) is 0 Å². The molecule has 0 spiro atoms. The number of rotatable bonds is 8. The third kappa shape index (κ3) is 6.27. The van der Waals surface area contributed by atoms with Gasteiger partial charge >= 0.3 is 0 Å². The van der Waals surface area contributed by atoms with Gasteiger partial charge in [0.2, 0.25) is 5.91 Å². The van der Waals surface area contributed by atoms with E-state index in [1.54, 1.807) is 13.3 Å². The number of aliphatic imine (C=N–C) groups is 1. The summed E-state index contributed by atoms with van der Waals surface area (Å²) in [6, 6.07) is 4.15. The van der Waals surface area contributed by atoms with Gasteiger partial charge in [-0.15, -0.1) is 0 Å². The number of nitrogens with one attached hydrogen (secondary N) is 3. The van der Waals surface area contributed by atoms with Gasteiger partial charge in [-0.1, -0.05) is 6.42 Å². The Morgan fingerprint density at radius 1 is 1.26 bits per heavy atom. The molecule has 0 aromatic carbocycles. The number of furan rings is 1. The molecule has 1 aliphatic rings. The first kappa shape index (κ1) is 21.3. The van der Waals surface area contributed by atoms with E-state index in [0.717, 1.165) is 18.8 Å². The Morgan fingerprint density at radius 3 is 2.59 bits per heavy atom. The van der Waals surface area contributed by atoms with Gasteiger partial charge in [-0.05, 0) is 58.8 Å². The lowest BCUT2D eigenvalue weighted by atomic mass is 9.92. The normalized spacial score (nSPS) is 17.4. The van der Waals surface area contributed by atoms with E-state index in [-0.39, 0.29) is 11.9 Å². The highest BCUT2D eigenvalue weighted by Gasteiger charge is 2.28. The molecule has 27 heavy (non-hydrogen) atoms. The number of nitrogens with zero attached hydrogens (tertiary/aromatic N) is 2. The SMILES string of the molecule is CCNC(=O)C(C)(C)CNC(=NC)NCC(c1ccco1)N1CCCCC1. The van der Waals surface area contributed by atoms with Gasteiger partial charge in [0.15, 0.2) is 5.96 Å². The monoisotopic (exact) mass is 377 g/mol. The van der Waals surface area contributed by atoms with Gasteiger partial charge in [-0.2, -0.15) is 0 Å². The van der Waals surface area contributed by atoms with Crippen molar-refractivity contribution in [2.75, 3.05) is 39.8 Å². The maximum absolute atomic E-state index is 12.2. The van der Waals surface area contributed by atoms with Crippen molar-refractivity contribution in [2.24, 2.45) is 10.4 Å². The Bertz CT molecular complexity index is 592. The third-order valence-corrected chi connectivity index (χ3v) is 5.04. The summed E-state index contributed by atoms with van der Waals surface area (Å²) in [7, 11) is 1.75. The van der Waals surface area contributed by atoms with Gasteiger partial charge in [-0.25, -0.2) is 0 Å². The topological polar surface area (TPSA) is 81.9 Å². The summed E-state index contributed by atoms with van der Waals surface area (Å²) in [5.74, 6) is 1.71. The van der Waals surface area contributed by atoms with Crippen molar-refractivity contribution in [1.29, 1.82) is 0 Å². The van der Waals surface area contributed by atoms with Crippen LogP contribution in [-0.2, 0) is 4.79 Å². The Labute approximate surface area is 163 Å². The molecule has 0 bridgehead atoms. The lowest BCUT2D eigenvalue weighted by Crippen LogP contribution is -2.49. The molecule has 2 heterocycles. The first-order chi connectivity index (χ1) is 13.0. The van der Waals surface area contributed by atoms with Crippen LogP contribution in [0.3, 0.4) is 0 Å². The van der Waals surface area contributed by atoms with Crippen molar-refractivity contribution >= 4 is 11.9 Å². The zero-order valence-electron chi connectivity index (χ0n) is 17.2. The van der Waals surface area contributed by atoms with Gasteiger partial charge in [-0.3, -0.25) is 14.7 Å². The predicted octanol–water partition coefficient (Wildman–Crippen LogP) is 2.13. The lowest BCUT2D eigenvalue weighted by molar-refractivity contribution is -0.128. The Balaban J connectivity index is 1.93.